The van der Waals surface area contributed by atoms with Crippen LogP contribution in [0, 0.1) is 5.41 Å². The summed E-state index contributed by atoms with van der Waals surface area (Å²) < 4.78 is 7.44. The molecular weight excluding hydrogens is 402 g/mol. The van der Waals surface area contributed by atoms with Crippen molar-refractivity contribution in [2.45, 2.75) is 45.1 Å². The van der Waals surface area contributed by atoms with Gasteiger partial charge in [0.25, 0.3) is 5.91 Å². The lowest BCUT2D eigenvalue weighted by molar-refractivity contribution is -0.0711. The highest BCUT2D eigenvalue weighted by atomic mass is 35.5. The molecule has 1 aliphatic heterocycles. The second-order valence-corrected chi connectivity index (χ2v) is 10.0. The van der Waals surface area contributed by atoms with Gasteiger partial charge in [0.1, 0.15) is 5.15 Å². The second-order valence-electron chi connectivity index (χ2n) is 9.62. The molecule has 3 aromatic rings. The van der Waals surface area contributed by atoms with Crippen molar-refractivity contribution in [3.63, 3.8) is 0 Å². The number of amides is 1. The lowest BCUT2D eigenvalue weighted by Crippen LogP contribution is -2.63. The van der Waals surface area contributed by atoms with E-state index in [1.807, 2.05) is 56.1 Å². The van der Waals surface area contributed by atoms with Crippen molar-refractivity contribution >= 4 is 17.5 Å². The molecule has 5 rings (SSSR count). The average Bonchev–Trinajstić information content (AvgIpc) is 3.28. The third-order valence-electron chi connectivity index (χ3n) is 6.13. The SMILES string of the molecule is CC(C)(C)c1nc(-c2ccc(C(=O)N3CC4(CC(n5cnc(Cl)c5)C4)C3)cc2)no1. The van der Waals surface area contributed by atoms with Gasteiger partial charge in [0.15, 0.2) is 0 Å². The van der Waals surface area contributed by atoms with Gasteiger partial charge in [0.05, 0.1) is 6.33 Å². The lowest BCUT2D eigenvalue weighted by Gasteiger charge is -2.59. The topological polar surface area (TPSA) is 77.1 Å². The Bertz CT molecular complexity index is 1080. The average molecular weight is 426 g/mol. The van der Waals surface area contributed by atoms with Gasteiger partial charge in [0, 0.05) is 47.3 Å². The largest absolute Gasteiger partial charge is 0.338 e. The molecule has 1 saturated carbocycles. The summed E-state index contributed by atoms with van der Waals surface area (Å²) in [7, 11) is 0. The maximum absolute atomic E-state index is 12.8. The first kappa shape index (κ1) is 19.3. The molecular formula is C22H24ClN5O2. The maximum atomic E-state index is 12.8. The van der Waals surface area contributed by atoms with Gasteiger partial charge >= 0.3 is 0 Å². The van der Waals surface area contributed by atoms with Crippen LogP contribution in [0.3, 0.4) is 0 Å². The van der Waals surface area contributed by atoms with Crippen LogP contribution in [0.1, 0.15) is 55.9 Å². The molecule has 2 aliphatic rings. The van der Waals surface area contributed by atoms with Gasteiger partial charge in [-0.2, -0.15) is 4.98 Å². The number of nitrogens with zero attached hydrogens (tertiary/aromatic N) is 5. The van der Waals surface area contributed by atoms with E-state index < -0.39 is 0 Å². The van der Waals surface area contributed by atoms with Gasteiger partial charge < -0.3 is 14.0 Å². The molecule has 0 unspecified atom stereocenters. The van der Waals surface area contributed by atoms with Crippen molar-refractivity contribution in [1.29, 1.82) is 0 Å². The van der Waals surface area contributed by atoms with Gasteiger partial charge in [-0.05, 0) is 25.0 Å². The number of halogens is 1. The quantitative estimate of drug-likeness (QED) is 0.623. The third-order valence-corrected chi connectivity index (χ3v) is 6.32. The maximum Gasteiger partial charge on any atom is 0.253 e. The Hall–Kier alpha value is -2.67. The molecule has 156 valence electrons. The molecule has 1 aliphatic carbocycles. The number of likely N-dealkylation sites (tertiary alicyclic amines) is 1. The van der Waals surface area contributed by atoms with Crippen LogP contribution in [-0.2, 0) is 5.41 Å². The van der Waals surface area contributed by atoms with E-state index in [2.05, 4.69) is 19.7 Å². The summed E-state index contributed by atoms with van der Waals surface area (Å²) in [4.78, 5) is 23.3. The first-order chi connectivity index (χ1) is 14.2. The minimum Gasteiger partial charge on any atom is -0.338 e. The standard InChI is InChI=1S/C22H24ClN5O2/c1-21(2,3)20-25-18(26-30-20)14-4-6-15(7-5-14)19(29)28-11-22(12-28)8-16(9-22)27-10-17(23)24-13-27/h4-7,10,13,16H,8-9,11-12H2,1-3H3. The molecule has 1 spiro atoms. The lowest BCUT2D eigenvalue weighted by atomic mass is 9.60. The Balaban J connectivity index is 1.19. The first-order valence-corrected chi connectivity index (χ1v) is 10.5. The summed E-state index contributed by atoms with van der Waals surface area (Å²) in [5.41, 5.74) is 1.58. The van der Waals surface area contributed by atoms with Crippen molar-refractivity contribution in [3.8, 4) is 11.4 Å². The van der Waals surface area contributed by atoms with E-state index in [-0.39, 0.29) is 16.7 Å². The molecule has 2 fully saturated rings. The van der Waals surface area contributed by atoms with Crippen LogP contribution in [0.15, 0.2) is 41.3 Å². The van der Waals surface area contributed by atoms with Crippen LogP contribution in [0.2, 0.25) is 5.15 Å². The molecule has 2 aromatic heterocycles. The van der Waals surface area contributed by atoms with E-state index in [1.54, 1.807) is 6.33 Å². The zero-order chi connectivity index (χ0) is 21.1. The number of rotatable bonds is 3. The fourth-order valence-electron chi connectivity index (χ4n) is 4.42. The Morgan fingerprint density at radius 2 is 1.90 bits per heavy atom. The Kier molecular flexibility index (Phi) is 4.29. The summed E-state index contributed by atoms with van der Waals surface area (Å²) in [6.07, 6.45) is 5.79. The highest BCUT2D eigenvalue weighted by molar-refractivity contribution is 6.29. The Morgan fingerprint density at radius 1 is 1.20 bits per heavy atom. The normalized spacial score (nSPS) is 18.3. The van der Waals surface area contributed by atoms with E-state index >= 15 is 0 Å². The van der Waals surface area contributed by atoms with Crippen molar-refractivity contribution in [2.75, 3.05) is 13.1 Å². The first-order valence-electron chi connectivity index (χ1n) is 10.2. The van der Waals surface area contributed by atoms with Crippen molar-refractivity contribution in [2.24, 2.45) is 5.41 Å². The van der Waals surface area contributed by atoms with Crippen LogP contribution in [0.5, 0.6) is 0 Å². The molecule has 0 bridgehead atoms. The minimum absolute atomic E-state index is 0.0739. The zero-order valence-corrected chi connectivity index (χ0v) is 18.1. The van der Waals surface area contributed by atoms with Gasteiger partial charge in [-0.3, -0.25) is 4.79 Å². The summed E-state index contributed by atoms with van der Waals surface area (Å²) in [5, 5.41) is 4.59. The van der Waals surface area contributed by atoms with Crippen LogP contribution >= 0.6 is 11.6 Å². The molecule has 30 heavy (non-hydrogen) atoms. The number of hydrogen-bond donors (Lipinski definition) is 0. The predicted molar refractivity (Wildman–Crippen MR) is 112 cm³/mol. The number of aromatic nitrogens is 4. The highest BCUT2D eigenvalue weighted by Gasteiger charge is 2.54. The van der Waals surface area contributed by atoms with Crippen LogP contribution < -0.4 is 0 Å². The summed E-state index contributed by atoms with van der Waals surface area (Å²) in [5.74, 6) is 1.21. The monoisotopic (exact) mass is 425 g/mol. The number of hydrogen-bond acceptors (Lipinski definition) is 5. The molecule has 1 saturated heterocycles. The summed E-state index contributed by atoms with van der Waals surface area (Å²) in [6.45, 7) is 7.71. The molecule has 8 heteroatoms. The van der Waals surface area contributed by atoms with Crippen molar-refractivity contribution < 1.29 is 9.32 Å². The zero-order valence-electron chi connectivity index (χ0n) is 17.3. The molecule has 1 aromatic carbocycles. The van der Waals surface area contributed by atoms with E-state index in [0.717, 1.165) is 31.5 Å². The van der Waals surface area contributed by atoms with Gasteiger partial charge in [-0.25, -0.2) is 4.98 Å². The van der Waals surface area contributed by atoms with Crippen molar-refractivity contribution in [3.05, 3.63) is 53.4 Å². The van der Waals surface area contributed by atoms with E-state index in [1.165, 1.54) is 0 Å². The van der Waals surface area contributed by atoms with E-state index in [4.69, 9.17) is 16.1 Å². The molecule has 7 nitrogen and oxygen atoms in total. The van der Waals surface area contributed by atoms with Crippen molar-refractivity contribution in [1.82, 2.24) is 24.6 Å². The van der Waals surface area contributed by atoms with Crippen LogP contribution in [-0.4, -0.2) is 43.6 Å². The third kappa shape index (κ3) is 3.31. The van der Waals surface area contributed by atoms with Crippen LogP contribution in [0.4, 0.5) is 0 Å². The Morgan fingerprint density at radius 3 is 2.47 bits per heavy atom. The fraction of sp³-hybridized carbons (Fsp3) is 0.455. The summed E-state index contributed by atoms with van der Waals surface area (Å²) >= 11 is 5.91. The molecule has 0 atom stereocenters. The second kappa shape index (κ2) is 6.67. The number of carbonyl (C=O) groups is 1. The van der Waals surface area contributed by atoms with E-state index in [9.17, 15) is 4.79 Å². The predicted octanol–water partition coefficient (Wildman–Crippen LogP) is 4.36. The number of imidazole rings is 1. The number of carbonyl (C=O) groups excluding carboxylic acids is 1. The highest BCUT2D eigenvalue weighted by Crippen LogP contribution is 2.54. The van der Waals surface area contributed by atoms with Gasteiger partial charge in [0.2, 0.25) is 11.7 Å². The fourth-order valence-corrected chi connectivity index (χ4v) is 4.57. The molecule has 3 heterocycles. The van der Waals surface area contributed by atoms with Crippen LogP contribution in [0.25, 0.3) is 11.4 Å². The smallest absolute Gasteiger partial charge is 0.253 e. The molecule has 0 N–H and O–H groups in total. The Labute approximate surface area is 180 Å². The minimum atomic E-state index is -0.195. The van der Waals surface area contributed by atoms with E-state index in [0.29, 0.717) is 28.5 Å². The molecule has 0 radical (unpaired) electrons. The number of benzene rings is 1. The van der Waals surface area contributed by atoms with Gasteiger partial charge in [-0.15, -0.1) is 0 Å². The summed E-state index contributed by atoms with van der Waals surface area (Å²) in [6, 6.07) is 7.87. The molecule has 1 amide bonds. The van der Waals surface area contributed by atoms with Gasteiger partial charge in [-0.1, -0.05) is 49.7 Å².